The number of rotatable bonds is 5. The maximum absolute atomic E-state index is 13.4. The molecule has 0 spiro atoms. The Morgan fingerprint density at radius 3 is 2.58 bits per heavy atom. The zero-order valence-electron chi connectivity index (χ0n) is 17.8. The Morgan fingerprint density at radius 2 is 1.79 bits per heavy atom. The highest BCUT2D eigenvalue weighted by molar-refractivity contribution is 8.26. The van der Waals surface area contributed by atoms with E-state index in [-0.39, 0.29) is 11.5 Å². The summed E-state index contributed by atoms with van der Waals surface area (Å²) in [6.07, 6.45) is 4.12. The second-order valence-corrected chi connectivity index (χ2v) is 10.7. The van der Waals surface area contributed by atoms with Crippen molar-refractivity contribution in [2.24, 2.45) is 0 Å². The molecule has 0 aliphatic carbocycles. The van der Waals surface area contributed by atoms with Crippen LogP contribution in [-0.2, 0) is 11.2 Å². The highest BCUT2D eigenvalue weighted by Crippen LogP contribution is 2.34. The van der Waals surface area contributed by atoms with Gasteiger partial charge in [0.1, 0.15) is 15.8 Å². The van der Waals surface area contributed by atoms with Gasteiger partial charge in [0.25, 0.3) is 11.5 Å². The average Bonchev–Trinajstić information content (AvgIpc) is 3.12. The summed E-state index contributed by atoms with van der Waals surface area (Å²) in [5, 5.41) is 0. The molecule has 0 unspecified atom stereocenters. The Labute approximate surface area is 205 Å². The first-order valence-electron chi connectivity index (χ1n) is 10.8. The molecule has 3 aromatic rings. The second kappa shape index (κ2) is 9.70. The first-order chi connectivity index (χ1) is 16.1. The van der Waals surface area contributed by atoms with Crippen LogP contribution < -0.4 is 10.5 Å². The van der Waals surface area contributed by atoms with Crippen LogP contribution >= 0.6 is 35.7 Å². The van der Waals surface area contributed by atoms with E-state index in [1.807, 2.05) is 54.2 Å². The number of thiocarbonyl (C=S) groups is 1. The monoisotopic (exact) mass is 494 g/mol. The van der Waals surface area contributed by atoms with Crippen LogP contribution in [0, 0.1) is 0 Å². The van der Waals surface area contributed by atoms with Gasteiger partial charge in [-0.15, -0.1) is 0 Å². The molecule has 0 bridgehead atoms. The second-order valence-electron chi connectivity index (χ2n) is 7.75. The normalized spacial score (nSPS) is 18.0. The van der Waals surface area contributed by atoms with Crippen LogP contribution in [0.15, 0.2) is 64.4 Å². The van der Waals surface area contributed by atoms with Crippen molar-refractivity contribution in [3.05, 3.63) is 81.1 Å². The van der Waals surface area contributed by atoms with E-state index in [4.69, 9.17) is 17.2 Å². The van der Waals surface area contributed by atoms with Crippen molar-refractivity contribution in [1.29, 1.82) is 0 Å². The van der Waals surface area contributed by atoms with Crippen LogP contribution in [0.3, 0.4) is 0 Å². The lowest BCUT2D eigenvalue weighted by molar-refractivity contribution is -0.122. The van der Waals surface area contributed by atoms with E-state index >= 15 is 0 Å². The number of carbonyl (C=O) groups is 1. The lowest BCUT2D eigenvalue weighted by atomic mass is 10.1. The van der Waals surface area contributed by atoms with Gasteiger partial charge in [-0.05, 0) is 30.2 Å². The highest BCUT2D eigenvalue weighted by Gasteiger charge is 2.32. The number of thioether (sulfide) groups is 2. The standard InChI is InChI=1S/C24H22N4O2S3/c29-22-18(21(26-12-14-32-15-13-26)25-20-8-4-5-10-27(20)22)16-19-23(30)28(24(31)33-19)11-9-17-6-2-1-3-7-17/h1-8,10,16H,9,11-15H2. The number of amides is 1. The van der Waals surface area contributed by atoms with Crippen LogP contribution in [0.25, 0.3) is 11.7 Å². The number of nitrogens with zero attached hydrogens (tertiary/aromatic N) is 4. The minimum atomic E-state index is -0.177. The molecule has 2 fully saturated rings. The Bertz CT molecular complexity index is 1300. The predicted molar refractivity (Wildman–Crippen MR) is 141 cm³/mol. The fraction of sp³-hybridized carbons (Fsp3) is 0.250. The molecule has 1 amide bonds. The van der Waals surface area contributed by atoms with Gasteiger partial charge in [0.2, 0.25) is 0 Å². The summed E-state index contributed by atoms with van der Waals surface area (Å²) >= 11 is 8.66. The summed E-state index contributed by atoms with van der Waals surface area (Å²) in [5.74, 6) is 2.45. The van der Waals surface area contributed by atoms with E-state index in [1.165, 1.54) is 16.2 Å². The van der Waals surface area contributed by atoms with Gasteiger partial charge in [0.05, 0.1) is 10.5 Å². The molecule has 9 heteroatoms. The number of hydrogen-bond acceptors (Lipinski definition) is 7. The molecule has 1 aromatic carbocycles. The molecule has 0 saturated carbocycles. The number of hydrogen-bond donors (Lipinski definition) is 0. The van der Waals surface area contributed by atoms with Crippen LogP contribution in [-0.4, -0.2) is 55.7 Å². The predicted octanol–water partition coefficient (Wildman–Crippen LogP) is 3.69. The Morgan fingerprint density at radius 1 is 1.03 bits per heavy atom. The molecule has 33 heavy (non-hydrogen) atoms. The van der Waals surface area contributed by atoms with Gasteiger partial charge >= 0.3 is 0 Å². The third-order valence-electron chi connectivity index (χ3n) is 5.68. The Balaban J connectivity index is 1.50. The molecule has 0 radical (unpaired) electrons. The van der Waals surface area contributed by atoms with Crippen molar-refractivity contribution < 1.29 is 4.79 Å². The zero-order valence-corrected chi connectivity index (χ0v) is 20.3. The van der Waals surface area contributed by atoms with Crippen molar-refractivity contribution in [2.75, 3.05) is 36.0 Å². The molecule has 2 aromatic heterocycles. The summed E-state index contributed by atoms with van der Waals surface area (Å²) < 4.78 is 2.05. The minimum Gasteiger partial charge on any atom is -0.354 e. The lowest BCUT2D eigenvalue weighted by Crippen LogP contribution is -2.36. The fourth-order valence-corrected chi connectivity index (χ4v) is 6.14. The number of anilines is 1. The summed E-state index contributed by atoms with van der Waals surface area (Å²) in [4.78, 5) is 35.7. The van der Waals surface area contributed by atoms with E-state index in [1.54, 1.807) is 23.2 Å². The molecular formula is C24H22N4O2S3. The first kappa shape index (κ1) is 22.2. The van der Waals surface area contributed by atoms with Gasteiger partial charge in [-0.2, -0.15) is 11.8 Å². The molecule has 0 N–H and O–H groups in total. The molecule has 5 rings (SSSR count). The molecule has 0 atom stereocenters. The highest BCUT2D eigenvalue weighted by atomic mass is 32.2. The topological polar surface area (TPSA) is 57.9 Å². The average molecular weight is 495 g/mol. The van der Waals surface area contributed by atoms with E-state index in [0.29, 0.717) is 32.8 Å². The molecule has 6 nitrogen and oxygen atoms in total. The van der Waals surface area contributed by atoms with E-state index in [2.05, 4.69) is 4.90 Å². The SMILES string of the molecule is O=C1C(=Cc2c(N3CCSCC3)nc3ccccn3c2=O)SC(=S)N1CCc1ccccc1. The number of aromatic nitrogens is 2. The summed E-state index contributed by atoms with van der Waals surface area (Å²) in [6.45, 7) is 2.15. The number of pyridine rings is 1. The Kier molecular flexibility index (Phi) is 6.52. The Hall–Kier alpha value is -2.62. The van der Waals surface area contributed by atoms with Gasteiger partial charge in [-0.3, -0.25) is 18.9 Å². The van der Waals surface area contributed by atoms with Gasteiger partial charge in [-0.25, -0.2) is 4.98 Å². The van der Waals surface area contributed by atoms with Crippen LogP contribution in [0.1, 0.15) is 11.1 Å². The van der Waals surface area contributed by atoms with Crippen molar-refractivity contribution >= 4 is 63.5 Å². The van der Waals surface area contributed by atoms with Crippen LogP contribution in [0.5, 0.6) is 0 Å². The van der Waals surface area contributed by atoms with Crippen molar-refractivity contribution in [3.63, 3.8) is 0 Å². The van der Waals surface area contributed by atoms with Gasteiger partial charge in [0.15, 0.2) is 0 Å². The van der Waals surface area contributed by atoms with Gasteiger partial charge < -0.3 is 4.90 Å². The third-order valence-corrected chi connectivity index (χ3v) is 8.00. The molecule has 4 heterocycles. The summed E-state index contributed by atoms with van der Waals surface area (Å²) in [5.41, 5.74) is 2.01. The maximum Gasteiger partial charge on any atom is 0.267 e. The van der Waals surface area contributed by atoms with Crippen LogP contribution in [0.4, 0.5) is 5.82 Å². The lowest BCUT2D eigenvalue weighted by Gasteiger charge is -2.28. The molecule has 2 aliphatic heterocycles. The van der Waals surface area contributed by atoms with Crippen LogP contribution in [0.2, 0.25) is 0 Å². The number of benzene rings is 1. The quantitative estimate of drug-likeness (QED) is 0.396. The minimum absolute atomic E-state index is 0.154. The number of carbonyl (C=O) groups excluding carboxylic acids is 1. The van der Waals surface area contributed by atoms with E-state index in [9.17, 15) is 9.59 Å². The van der Waals surface area contributed by atoms with Crippen molar-refractivity contribution in [1.82, 2.24) is 14.3 Å². The fourth-order valence-electron chi connectivity index (χ4n) is 3.94. The molecule has 2 aliphatic rings. The largest absolute Gasteiger partial charge is 0.354 e. The zero-order chi connectivity index (χ0) is 22.8. The first-order valence-corrected chi connectivity index (χ1v) is 13.1. The summed E-state index contributed by atoms with van der Waals surface area (Å²) in [7, 11) is 0. The van der Waals surface area contributed by atoms with Crippen molar-refractivity contribution in [2.45, 2.75) is 6.42 Å². The van der Waals surface area contributed by atoms with Gasteiger partial charge in [0, 0.05) is 37.3 Å². The van der Waals surface area contributed by atoms with E-state index < -0.39 is 0 Å². The van der Waals surface area contributed by atoms with Crippen molar-refractivity contribution in [3.8, 4) is 0 Å². The molecule has 2 saturated heterocycles. The van der Waals surface area contributed by atoms with Gasteiger partial charge in [-0.1, -0.05) is 60.4 Å². The van der Waals surface area contributed by atoms with E-state index in [0.717, 1.165) is 36.6 Å². The maximum atomic E-state index is 13.4. The smallest absolute Gasteiger partial charge is 0.267 e. The molecular weight excluding hydrogens is 472 g/mol. The third kappa shape index (κ3) is 4.58. The summed E-state index contributed by atoms with van der Waals surface area (Å²) in [6, 6.07) is 15.5. The number of fused-ring (bicyclic) bond motifs is 1. The molecule has 168 valence electrons.